The van der Waals surface area contributed by atoms with Gasteiger partial charge < -0.3 is 9.64 Å². The molecule has 1 aliphatic rings. The molecular formula is C27H24FN3O3S. The first-order valence-electron chi connectivity index (χ1n) is 11.5. The van der Waals surface area contributed by atoms with Gasteiger partial charge in [-0.2, -0.15) is 0 Å². The zero-order chi connectivity index (χ0) is 24.4. The van der Waals surface area contributed by atoms with E-state index in [1.54, 1.807) is 21.9 Å². The van der Waals surface area contributed by atoms with Crippen molar-refractivity contribution < 1.29 is 18.7 Å². The number of fused-ring (bicyclic) bond motifs is 1. The van der Waals surface area contributed by atoms with E-state index in [4.69, 9.17) is 9.72 Å². The first-order valence-corrected chi connectivity index (χ1v) is 12.3. The quantitative estimate of drug-likeness (QED) is 0.348. The van der Waals surface area contributed by atoms with Gasteiger partial charge in [0.05, 0.1) is 29.3 Å². The molecule has 35 heavy (non-hydrogen) atoms. The molecule has 1 saturated heterocycles. The van der Waals surface area contributed by atoms with E-state index in [0.29, 0.717) is 24.0 Å². The van der Waals surface area contributed by atoms with Crippen LogP contribution in [0.25, 0.3) is 10.2 Å². The summed E-state index contributed by atoms with van der Waals surface area (Å²) in [5.41, 5.74) is 2.34. The molecule has 1 aliphatic heterocycles. The van der Waals surface area contributed by atoms with Crippen LogP contribution in [-0.4, -0.2) is 29.9 Å². The normalized spacial score (nSPS) is 15.5. The molecule has 0 spiro atoms. The van der Waals surface area contributed by atoms with Gasteiger partial charge in [-0.05, 0) is 55.0 Å². The fourth-order valence-corrected chi connectivity index (χ4v) is 5.23. The maximum Gasteiger partial charge on any atom is 0.234 e. The zero-order valence-electron chi connectivity index (χ0n) is 19.2. The minimum Gasteiger partial charge on any atom is -0.494 e. The second-order valence-electron chi connectivity index (χ2n) is 8.35. The Bertz CT molecular complexity index is 1360. The number of hydrogen-bond acceptors (Lipinski definition) is 5. The molecule has 0 aliphatic carbocycles. The number of halogens is 1. The van der Waals surface area contributed by atoms with Gasteiger partial charge in [-0.15, -0.1) is 0 Å². The summed E-state index contributed by atoms with van der Waals surface area (Å²) in [7, 11) is 0. The molecule has 0 saturated carbocycles. The van der Waals surface area contributed by atoms with Gasteiger partial charge in [0.2, 0.25) is 11.8 Å². The number of aromatic nitrogens is 1. The topological polar surface area (TPSA) is 62.7 Å². The summed E-state index contributed by atoms with van der Waals surface area (Å²) in [6.45, 7) is 3.09. The zero-order valence-corrected chi connectivity index (χ0v) is 20.0. The van der Waals surface area contributed by atoms with E-state index < -0.39 is 5.92 Å². The molecule has 0 N–H and O–H groups in total. The van der Waals surface area contributed by atoms with Gasteiger partial charge in [0.25, 0.3) is 0 Å². The predicted octanol–water partition coefficient (Wildman–Crippen LogP) is 5.42. The van der Waals surface area contributed by atoms with Crippen LogP contribution < -0.4 is 14.5 Å². The van der Waals surface area contributed by atoms with Gasteiger partial charge in [-0.25, -0.2) is 9.37 Å². The van der Waals surface area contributed by atoms with Crippen molar-refractivity contribution in [3.63, 3.8) is 0 Å². The number of anilines is 2. The third-order valence-corrected chi connectivity index (χ3v) is 6.99. The number of rotatable bonds is 7. The fraction of sp³-hybridized carbons (Fsp3) is 0.222. The molecule has 1 unspecified atom stereocenters. The molecule has 4 aromatic rings. The average molecular weight is 490 g/mol. The Hall–Kier alpha value is -3.78. The summed E-state index contributed by atoms with van der Waals surface area (Å²) in [5.74, 6) is -0.448. The number of benzene rings is 3. The number of nitrogens with zero attached hydrogens (tertiary/aromatic N) is 3. The van der Waals surface area contributed by atoms with Crippen LogP contribution >= 0.6 is 11.3 Å². The Kier molecular flexibility index (Phi) is 6.46. The molecule has 8 heteroatoms. The summed E-state index contributed by atoms with van der Waals surface area (Å²) in [6.07, 6.45) is 0.0981. The van der Waals surface area contributed by atoms with Crippen LogP contribution in [0.15, 0.2) is 72.8 Å². The van der Waals surface area contributed by atoms with Gasteiger partial charge in [-0.3, -0.25) is 14.5 Å². The lowest BCUT2D eigenvalue weighted by Crippen LogP contribution is -2.37. The number of hydrogen-bond donors (Lipinski definition) is 0. The molecular weight excluding hydrogens is 465 g/mol. The summed E-state index contributed by atoms with van der Waals surface area (Å²) in [5, 5.41) is 0.579. The van der Waals surface area contributed by atoms with Crippen LogP contribution in [-0.2, 0) is 16.1 Å². The lowest BCUT2D eigenvalue weighted by atomic mass is 10.1. The molecule has 2 heterocycles. The van der Waals surface area contributed by atoms with Crippen LogP contribution in [0.2, 0.25) is 0 Å². The summed E-state index contributed by atoms with van der Waals surface area (Å²) >= 11 is 1.43. The van der Waals surface area contributed by atoms with Crippen LogP contribution in [0.1, 0.15) is 18.9 Å². The maximum absolute atomic E-state index is 13.8. The van der Waals surface area contributed by atoms with E-state index in [1.807, 2.05) is 55.5 Å². The van der Waals surface area contributed by atoms with Gasteiger partial charge in [0.1, 0.15) is 11.6 Å². The van der Waals surface area contributed by atoms with Gasteiger partial charge in [-0.1, -0.05) is 41.7 Å². The van der Waals surface area contributed by atoms with E-state index in [0.717, 1.165) is 21.5 Å². The van der Waals surface area contributed by atoms with Crippen LogP contribution in [0, 0.1) is 11.7 Å². The van der Waals surface area contributed by atoms with Crippen molar-refractivity contribution in [3.8, 4) is 5.75 Å². The molecule has 5 rings (SSSR count). The highest BCUT2D eigenvalue weighted by molar-refractivity contribution is 7.22. The van der Waals surface area contributed by atoms with Gasteiger partial charge in [0, 0.05) is 18.7 Å². The summed E-state index contributed by atoms with van der Waals surface area (Å²) < 4.78 is 19.9. The minimum absolute atomic E-state index is 0.0981. The summed E-state index contributed by atoms with van der Waals surface area (Å²) in [6, 6.07) is 21.2. The van der Waals surface area contributed by atoms with Crippen LogP contribution in [0.3, 0.4) is 0 Å². The van der Waals surface area contributed by atoms with Crippen molar-refractivity contribution in [3.05, 3.63) is 84.2 Å². The molecule has 1 fully saturated rings. The number of carbonyl (C=O) groups is 2. The van der Waals surface area contributed by atoms with Gasteiger partial charge >= 0.3 is 0 Å². The lowest BCUT2D eigenvalue weighted by molar-refractivity contribution is -0.124. The summed E-state index contributed by atoms with van der Waals surface area (Å²) in [4.78, 5) is 34.5. The van der Waals surface area contributed by atoms with Crippen molar-refractivity contribution in [2.75, 3.05) is 23.0 Å². The van der Waals surface area contributed by atoms with Crippen molar-refractivity contribution in [2.24, 2.45) is 5.92 Å². The third-order valence-electron chi connectivity index (χ3n) is 5.95. The van der Waals surface area contributed by atoms with Crippen LogP contribution in [0.5, 0.6) is 5.75 Å². The van der Waals surface area contributed by atoms with E-state index in [9.17, 15) is 14.0 Å². The van der Waals surface area contributed by atoms with Gasteiger partial charge in [0.15, 0.2) is 5.13 Å². The second kappa shape index (κ2) is 9.84. The molecule has 0 bridgehead atoms. The molecule has 3 aromatic carbocycles. The van der Waals surface area contributed by atoms with Crippen molar-refractivity contribution in [2.45, 2.75) is 19.9 Å². The van der Waals surface area contributed by atoms with E-state index in [-0.39, 0.29) is 30.6 Å². The standard InChI is InChI=1S/C27H24FN3O3S/c1-2-34-22-12-13-23-24(15-22)35-27(29-23)31(16-18-6-4-3-5-7-18)26(33)19-14-25(32)30(17-19)21-10-8-20(28)9-11-21/h3-13,15,19H,2,14,16-17H2,1H3. The van der Waals surface area contributed by atoms with Crippen molar-refractivity contribution in [1.82, 2.24) is 4.98 Å². The monoisotopic (exact) mass is 489 g/mol. The van der Waals surface area contributed by atoms with Crippen molar-refractivity contribution >= 4 is 44.2 Å². The number of thiazole rings is 1. The fourth-order valence-electron chi connectivity index (χ4n) is 4.23. The lowest BCUT2D eigenvalue weighted by Gasteiger charge is -2.23. The Morgan fingerprint density at radius 2 is 1.91 bits per heavy atom. The first kappa shape index (κ1) is 23.0. The van der Waals surface area contributed by atoms with E-state index >= 15 is 0 Å². The second-order valence-corrected chi connectivity index (χ2v) is 9.36. The predicted molar refractivity (Wildman–Crippen MR) is 135 cm³/mol. The van der Waals surface area contributed by atoms with E-state index in [2.05, 4.69) is 0 Å². The Balaban J connectivity index is 1.45. The third kappa shape index (κ3) is 4.88. The molecule has 178 valence electrons. The molecule has 1 atom stereocenters. The van der Waals surface area contributed by atoms with Crippen molar-refractivity contribution in [1.29, 1.82) is 0 Å². The number of amides is 2. The Labute approximate surface area is 206 Å². The SMILES string of the molecule is CCOc1ccc2nc(N(Cc3ccccc3)C(=O)C3CC(=O)N(c4ccc(F)cc4)C3)sc2c1. The smallest absolute Gasteiger partial charge is 0.234 e. The average Bonchev–Trinajstić information content (AvgIpc) is 3.47. The van der Waals surface area contributed by atoms with E-state index in [1.165, 1.54) is 23.5 Å². The molecule has 1 aromatic heterocycles. The largest absolute Gasteiger partial charge is 0.494 e. The minimum atomic E-state index is -0.526. The Morgan fingerprint density at radius 1 is 1.14 bits per heavy atom. The number of carbonyl (C=O) groups excluding carboxylic acids is 2. The molecule has 0 radical (unpaired) electrons. The highest BCUT2D eigenvalue weighted by Crippen LogP contribution is 2.35. The highest BCUT2D eigenvalue weighted by atomic mass is 32.1. The molecule has 6 nitrogen and oxygen atoms in total. The Morgan fingerprint density at radius 3 is 2.66 bits per heavy atom. The van der Waals surface area contributed by atoms with Crippen LogP contribution in [0.4, 0.5) is 15.2 Å². The molecule has 2 amide bonds. The highest BCUT2D eigenvalue weighted by Gasteiger charge is 2.38. The maximum atomic E-state index is 13.8. The number of ether oxygens (including phenoxy) is 1. The first-order chi connectivity index (χ1) is 17.0.